The van der Waals surface area contributed by atoms with Crippen molar-refractivity contribution in [3.8, 4) is 0 Å². The highest BCUT2D eigenvalue weighted by atomic mass is 32.1. The molecule has 1 heterocycles. The smallest absolute Gasteiger partial charge is 0.306 e. The van der Waals surface area contributed by atoms with Crippen LogP contribution in [0, 0.1) is 0 Å². The van der Waals surface area contributed by atoms with Crippen LogP contribution in [0.2, 0.25) is 0 Å². The molecule has 2 rings (SSSR count). The minimum atomic E-state index is -0.884. The number of esters is 1. The third kappa shape index (κ3) is 6.39. The lowest BCUT2D eigenvalue weighted by Crippen LogP contribution is -2.30. The number of thiophene rings is 1. The molecular weight excluding hydrogens is 340 g/mol. The van der Waals surface area contributed by atoms with Gasteiger partial charge >= 0.3 is 5.97 Å². The average Bonchev–Trinajstić information content (AvgIpc) is 3.07. The molecular formula is C18H20N2O4S. The van der Waals surface area contributed by atoms with E-state index in [9.17, 15) is 14.4 Å². The number of rotatable bonds is 7. The van der Waals surface area contributed by atoms with Crippen molar-refractivity contribution in [3.63, 3.8) is 0 Å². The monoisotopic (exact) mass is 360 g/mol. The number of hydrogen-bond donors (Lipinski definition) is 2. The van der Waals surface area contributed by atoms with Crippen molar-refractivity contribution in [2.45, 2.75) is 32.8 Å². The predicted molar refractivity (Wildman–Crippen MR) is 97.6 cm³/mol. The molecule has 0 radical (unpaired) electrons. The molecule has 25 heavy (non-hydrogen) atoms. The number of anilines is 2. The van der Waals surface area contributed by atoms with Crippen LogP contribution in [0.4, 0.5) is 11.4 Å². The fourth-order valence-electron chi connectivity index (χ4n) is 2.07. The minimum Gasteiger partial charge on any atom is -0.453 e. The number of benzene rings is 1. The molecule has 2 aromatic rings. The summed E-state index contributed by atoms with van der Waals surface area (Å²) in [5.74, 6) is -0.981. The summed E-state index contributed by atoms with van der Waals surface area (Å²) in [6.07, 6.45) is -0.0499. The number of ether oxygens (including phenoxy) is 1. The third-order valence-corrected chi connectivity index (χ3v) is 4.08. The Balaban J connectivity index is 1.79. The molecule has 0 bridgehead atoms. The van der Waals surface area contributed by atoms with Crippen LogP contribution >= 0.6 is 11.3 Å². The first-order chi connectivity index (χ1) is 11.9. The van der Waals surface area contributed by atoms with Crippen LogP contribution in [-0.4, -0.2) is 23.9 Å². The maximum absolute atomic E-state index is 12.1. The molecule has 0 saturated carbocycles. The summed E-state index contributed by atoms with van der Waals surface area (Å²) in [5.41, 5.74) is 2.27. The molecule has 2 amide bonds. The molecule has 1 unspecified atom stereocenters. The molecule has 2 N–H and O–H groups in total. The van der Waals surface area contributed by atoms with Gasteiger partial charge in [-0.25, -0.2) is 0 Å². The highest BCUT2D eigenvalue weighted by Crippen LogP contribution is 2.14. The van der Waals surface area contributed by atoms with Gasteiger partial charge in [-0.1, -0.05) is 0 Å². The van der Waals surface area contributed by atoms with Crippen molar-refractivity contribution < 1.29 is 19.1 Å². The average molecular weight is 360 g/mol. The molecule has 0 spiro atoms. The zero-order valence-corrected chi connectivity index (χ0v) is 14.9. The number of nitrogens with one attached hydrogen (secondary N) is 2. The molecule has 0 saturated heterocycles. The van der Waals surface area contributed by atoms with Gasteiger partial charge in [0.25, 0.3) is 5.91 Å². The van der Waals surface area contributed by atoms with E-state index in [0.29, 0.717) is 17.8 Å². The van der Waals surface area contributed by atoms with Gasteiger partial charge in [0, 0.05) is 24.7 Å². The zero-order valence-electron chi connectivity index (χ0n) is 14.1. The largest absolute Gasteiger partial charge is 0.453 e. The van der Waals surface area contributed by atoms with Crippen LogP contribution in [0.3, 0.4) is 0 Å². The predicted octanol–water partition coefficient (Wildman–Crippen LogP) is 3.21. The van der Waals surface area contributed by atoms with Crippen molar-refractivity contribution in [1.29, 1.82) is 0 Å². The molecule has 0 aliphatic heterocycles. The Labute approximate surface area is 150 Å². The van der Waals surface area contributed by atoms with E-state index in [1.807, 2.05) is 16.8 Å². The van der Waals surface area contributed by atoms with E-state index >= 15 is 0 Å². The normalized spacial score (nSPS) is 11.4. The van der Waals surface area contributed by atoms with Crippen LogP contribution in [0.5, 0.6) is 0 Å². The highest BCUT2D eigenvalue weighted by molar-refractivity contribution is 7.07. The van der Waals surface area contributed by atoms with Gasteiger partial charge in [-0.15, -0.1) is 0 Å². The number of aryl methyl sites for hydroxylation is 1. The third-order valence-electron chi connectivity index (χ3n) is 3.35. The van der Waals surface area contributed by atoms with Crippen LogP contribution in [0.1, 0.15) is 25.8 Å². The Bertz CT molecular complexity index is 726. The Kier molecular flexibility index (Phi) is 6.71. The molecule has 1 aromatic carbocycles. The summed E-state index contributed by atoms with van der Waals surface area (Å²) >= 11 is 1.58. The van der Waals surface area contributed by atoms with E-state index in [-0.39, 0.29) is 12.3 Å². The molecule has 0 aliphatic rings. The van der Waals surface area contributed by atoms with Gasteiger partial charge in [0.1, 0.15) is 0 Å². The van der Waals surface area contributed by atoms with Gasteiger partial charge in [0.2, 0.25) is 5.91 Å². The first kappa shape index (κ1) is 18.7. The fourth-order valence-corrected chi connectivity index (χ4v) is 2.78. The van der Waals surface area contributed by atoms with Crippen LogP contribution in [-0.2, 0) is 25.5 Å². The molecule has 7 heteroatoms. The summed E-state index contributed by atoms with van der Waals surface area (Å²) in [6.45, 7) is 2.95. The highest BCUT2D eigenvalue weighted by Gasteiger charge is 2.18. The van der Waals surface area contributed by atoms with E-state index in [2.05, 4.69) is 10.6 Å². The molecule has 1 atom stereocenters. The number of hydrogen-bond acceptors (Lipinski definition) is 5. The first-order valence-corrected chi connectivity index (χ1v) is 8.77. The molecule has 132 valence electrons. The maximum Gasteiger partial charge on any atom is 0.306 e. The molecule has 0 fully saturated rings. The van der Waals surface area contributed by atoms with Crippen LogP contribution in [0.25, 0.3) is 0 Å². The second kappa shape index (κ2) is 8.98. The van der Waals surface area contributed by atoms with Gasteiger partial charge in [-0.05, 0) is 60.0 Å². The van der Waals surface area contributed by atoms with Gasteiger partial charge in [-0.2, -0.15) is 11.3 Å². The maximum atomic E-state index is 12.1. The summed E-state index contributed by atoms with van der Waals surface area (Å²) in [6, 6.07) is 8.63. The first-order valence-electron chi connectivity index (χ1n) is 7.83. The summed E-state index contributed by atoms with van der Waals surface area (Å²) < 4.78 is 5.15. The topological polar surface area (TPSA) is 84.5 Å². The summed E-state index contributed by atoms with van der Waals surface area (Å²) in [5, 5.41) is 9.24. The molecule has 6 nitrogen and oxygen atoms in total. The van der Waals surface area contributed by atoms with E-state index in [4.69, 9.17) is 4.74 Å². The fraction of sp³-hybridized carbons (Fsp3) is 0.278. The lowest BCUT2D eigenvalue weighted by Gasteiger charge is -2.13. The Hall–Kier alpha value is -2.67. The zero-order chi connectivity index (χ0) is 18.2. The second-order valence-electron chi connectivity index (χ2n) is 5.51. The Morgan fingerprint density at radius 3 is 2.28 bits per heavy atom. The SMILES string of the molecule is CC(=O)Nc1ccc(NC(=O)C(C)OC(=O)CCc2ccsc2)cc1. The van der Waals surface area contributed by atoms with Gasteiger partial charge in [0.05, 0.1) is 0 Å². The Morgan fingerprint density at radius 2 is 1.72 bits per heavy atom. The van der Waals surface area contributed by atoms with Gasteiger partial charge < -0.3 is 15.4 Å². The van der Waals surface area contributed by atoms with Gasteiger partial charge in [0.15, 0.2) is 6.10 Å². The molecule has 1 aromatic heterocycles. The number of amides is 2. The van der Waals surface area contributed by atoms with Crippen LogP contribution < -0.4 is 10.6 Å². The number of carbonyl (C=O) groups excluding carboxylic acids is 3. The molecule has 0 aliphatic carbocycles. The Morgan fingerprint density at radius 1 is 1.08 bits per heavy atom. The minimum absolute atomic E-state index is 0.167. The second-order valence-corrected chi connectivity index (χ2v) is 6.29. The summed E-state index contributed by atoms with van der Waals surface area (Å²) in [7, 11) is 0. The lowest BCUT2D eigenvalue weighted by atomic mass is 10.2. The van der Waals surface area contributed by atoms with E-state index in [1.54, 1.807) is 35.6 Å². The van der Waals surface area contributed by atoms with Gasteiger partial charge in [-0.3, -0.25) is 14.4 Å². The van der Waals surface area contributed by atoms with E-state index in [0.717, 1.165) is 5.56 Å². The standard InChI is InChI=1S/C18H20N2O4S/c1-12(24-17(22)8-3-14-9-10-25-11-14)18(23)20-16-6-4-15(5-7-16)19-13(2)21/h4-7,9-12H,3,8H2,1-2H3,(H,19,21)(H,20,23). The van der Waals surface area contributed by atoms with Crippen LogP contribution in [0.15, 0.2) is 41.1 Å². The van der Waals surface area contributed by atoms with E-state index in [1.165, 1.54) is 13.8 Å². The van der Waals surface area contributed by atoms with Crippen molar-refractivity contribution in [2.24, 2.45) is 0 Å². The lowest BCUT2D eigenvalue weighted by molar-refractivity contribution is -0.153. The summed E-state index contributed by atoms with van der Waals surface area (Å²) in [4.78, 5) is 34.9. The van der Waals surface area contributed by atoms with Crippen molar-refractivity contribution in [2.75, 3.05) is 10.6 Å². The quantitative estimate of drug-likeness (QED) is 0.743. The van der Waals surface area contributed by atoms with Crippen molar-refractivity contribution in [1.82, 2.24) is 0 Å². The van der Waals surface area contributed by atoms with E-state index < -0.39 is 18.0 Å². The van der Waals surface area contributed by atoms with Crippen molar-refractivity contribution in [3.05, 3.63) is 46.7 Å². The van der Waals surface area contributed by atoms with Crippen molar-refractivity contribution >= 4 is 40.5 Å². The number of carbonyl (C=O) groups is 3.